The molecule has 0 saturated carbocycles. The Morgan fingerprint density at radius 2 is 1.90 bits per heavy atom. The Morgan fingerprint density at radius 1 is 1.24 bits per heavy atom. The molecule has 0 heterocycles. The number of esters is 2. The largest absolute Gasteiger partial charge is 0.459 e. The van der Waals surface area contributed by atoms with Crippen LogP contribution in [0.1, 0.15) is 37.6 Å². The van der Waals surface area contributed by atoms with E-state index >= 15 is 0 Å². The fourth-order valence-electron chi connectivity index (χ4n) is 1.79. The Balaban J connectivity index is 2.51. The highest BCUT2D eigenvalue weighted by Gasteiger charge is 2.21. The van der Waals surface area contributed by atoms with Gasteiger partial charge in [0, 0.05) is 5.02 Å². The van der Waals surface area contributed by atoms with Crippen molar-refractivity contribution in [2.24, 2.45) is 5.92 Å². The SMILES string of the molecule is CC(S)OC(=O)C(C)CC(C)OC(=O)c1cccc(Cl)c1. The van der Waals surface area contributed by atoms with E-state index in [2.05, 4.69) is 12.6 Å². The van der Waals surface area contributed by atoms with Gasteiger partial charge in [-0.1, -0.05) is 24.6 Å². The van der Waals surface area contributed by atoms with Gasteiger partial charge in [0.1, 0.15) is 11.5 Å². The molecule has 0 spiro atoms. The summed E-state index contributed by atoms with van der Waals surface area (Å²) in [4.78, 5) is 23.6. The molecule has 3 unspecified atom stereocenters. The van der Waals surface area contributed by atoms with Crippen LogP contribution in [0.15, 0.2) is 24.3 Å². The molecule has 0 aromatic heterocycles. The maximum absolute atomic E-state index is 11.9. The second-order valence-electron chi connectivity index (χ2n) is 4.90. The Labute approximate surface area is 135 Å². The van der Waals surface area contributed by atoms with E-state index in [1.54, 1.807) is 39.0 Å². The van der Waals surface area contributed by atoms with Crippen LogP contribution in [0.2, 0.25) is 5.02 Å². The summed E-state index contributed by atoms with van der Waals surface area (Å²) in [5, 5.41) is 0.469. The van der Waals surface area contributed by atoms with Gasteiger partial charge in [-0.2, -0.15) is 0 Å². The van der Waals surface area contributed by atoms with Crippen LogP contribution in [0.3, 0.4) is 0 Å². The maximum Gasteiger partial charge on any atom is 0.338 e. The number of carbonyl (C=O) groups excluding carboxylic acids is 2. The van der Waals surface area contributed by atoms with E-state index in [9.17, 15) is 9.59 Å². The lowest BCUT2D eigenvalue weighted by atomic mass is 10.0. The lowest BCUT2D eigenvalue weighted by Crippen LogP contribution is -2.24. The number of halogens is 1. The molecule has 0 aliphatic carbocycles. The van der Waals surface area contributed by atoms with Crippen LogP contribution in [0, 0.1) is 5.92 Å². The predicted molar refractivity (Wildman–Crippen MR) is 84.7 cm³/mol. The summed E-state index contributed by atoms with van der Waals surface area (Å²) >= 11 is 9.82. The second kappa shape index (κ2) is 8.29. The van der Waals surface area contributed by atoms with Crippen molar-refractivity contribution in [1.82, 2.24) is 0 Å². The number of ether oxygens (including phenoxy) is 2. The van der Waals surface area contributed by atoms with Crippen molar-refractivity contribution in [3.05, 3.63) is 34.9 Å². The van der Waals surface area contributed by atoms with Crippen molar-refractivity contribution < 1.29 is 19.1 Å². The Morgan fingerprint density at radius 3 is 2.48 bits per heavy atom. The zero-order valence-corrected chi connectivity index (χ0v) is 13.9. The lowest BCUT2D eigenvalue weighted by molar-refractivity contribution is -0.149. The fraction of sp³-hybridized carbons (Fsp3) is 0.467. The average Bonchev–Trinajstić information content (AvgIpc) is 2.37. The van der Waals surface area contributed by atoms with Gasteiger partial charge in [0.05, 0.1) is 11.5 Å². The highest BCUT2D eigenvalue weighted by molar-refractivity contribution is 7.80. The fourth-order valence-corrected chi connectivity index (χ4v) is 2.09. The van der Waals surface area contributed by atoms with Crippen molar-refractivity contribution in [1.29, 1.82) is 0 Å². The topological polar surface area (TPSA) is 52.6 Å². The van der Waals surface area contributed by atoms with Crippen molar-refractivity contribution in [2.75, 3.05) is 0 Å². The molecule has 0 radical (unpaired) electrons. The smallest absolute Gasteiger partial charge is 0.338 e. The first-order chi connectivity index (χ1) is 9.79. The summed E-state index contributed by atoms with van der Waals surface area (Å²) in [5.41, 5.74) is -0.0715. The zero-order valence-electron chi connectivity index (χ0n) is 12.2. The number of rotatable bonds is 6. The quantitative estimate of drug-likeness (QED) is 0.490. The molecule has 4 nitrogen and oxygen atoms in total. The van der Waals surface area contributed by atoms with E-state index in [1.165, 1.54) is 6.07 Å². The molecule has 0 amide bonds. The molecule has 0 aliphatic rings. The Kier molecular flexibility index (Phi) is 7.05. The monoisotopic (exact) mass is 330 g/mol. The first-order valence-electron chi connectivity index (χ1n) is 6.64. The van der Waals surface area contributed by atoms with E-state index in [0.29, 0.717) is 17.0 Å². The number of benzene rings is 1. The third kappa shape index (κ3) is 6.40. The maximum atomic E-state index is 11.9. The van der Waals surface area contributed by atoms with E-state index in [4.69, 9.17) is 21.1 Å². The number of thiol groups is 1. The molecule has 21 heavy (non-hydrogen) atoms. The summed E-state index contributed by atoms with van der Waals surface area (Å²) in [6.07, 6.45) is -0.0275. The first-order valence-corrected chi connectivity index (χ1v) is 7.54. The first kappa shape index (κ1) is 17.9. The van der Waals surface area contributed by atoms with Crippen molar-refractivity contribution >= 4 is 36.2 Å². The van der Waals surface area contributed by atoms with Crippen LogP contribution < -0.4 is 0 Å². The summed E-state index contributed by atoms with van der Waals surface area (Å²) < 4.78 is 10.3. The summed E-state index contributed by atoms with van der Waals surface area (Å²) in [5.74, 6) is -1.20. The third-order valence-electron chi connectivity index (χ3n) is 2.74. The van der Waals surface area contributed by atoms with Crippen molar-refractivity contribution in [3.8, 4) is 0 Å². The summed E-state index contributed by atoms with van der Waals surface area (Å²) in [6.45, 7) is 5.12. The molecule has 0 aliphatic heterocycles. The van der Waals surface area contributed by atoms with E-state index in [1.807, 2.05) is 0 Å². The van der Waals surface area contributed by atoms with Gasteiger partial charge in [-0.15, -0.1) is 12.6 Å². The minimum absolute atomic E-state index is 0.358. The van der Waals surface area contributed by atoms with Crippen molar-refractivity contribution in [3.63, 3.8) is 0 Å². The zero-order chi connectivity index (χ0) is 16.0. The highest BCUT2D eigenvalue weighted by Crippen LogP contribution is 2.16. The molecule has 0 fully saturated rings. The highest BCUT2D eigenvalue weighted by atomic mass is 35.5. The van der Waals surface area contributed by atoms with Gasteiger partial charge >= 0.3 is 11.9 Å². The third-order valence-corrected chi connectivity index (χ3v) is 3.08. The van der Waals surface area contributed by atoms with Crippen LogP contribution in [0.5, 0.6) is 0 Å². The number of hydrogen-bond donors (Lipinski definition) is 1. The van der Waals surface area contributed by atoms with Gasteiger partial charge in [0.2, 0.25) is 0 Å². The molecule has 0 saturated heterocycles. The standard InChI is InChI=1S/C15H19ClO4S/c1-9(14(17)20-11(3)21)7-10(2)19-15(18)12-5-4-6-13(16)8-12/h4-6,8-11,21H,7H2,1-3H3. The molecule has 1 aromatic rings. The molecule has 6 heteroatoms. The van der Waals surface area contributed by atoms with Gasteiger partial charge < -0.3 is 9.47 Å². The normalized spacial score (nSPS) is 14.9. The molecular weight excluding hydrogens is 312 g/mol. The van der Waals surface area contributed by atoms with Gasteiger partial charge in [-0.05, 0) is 38.5 Å². The molecule has 1 aromatic carbocycles. The number of hydrogen-bond acceptors (Lipinski definition) is 5. The Hall–Kier alpha value is -1.20. The number of carbonyl (C=O) groups is 2. The van der Waals surface area contributed by atoms with Crippen LogP contribution in [-0.2, 0) is 14.3 Å². The van der Waals surface area contributed by atoms with Crippen LogP contribution >= 0.6 is 24.2 Å². The minimum atomic E-state index is -0.465. The molecular formula is C15H19ClO4S. The molecule has 3 atom stereocenters. The van der Waals surface area contributed by atoms with Gasteiger partial charge in [0.15, 0.2) is 0 Å². The molecule has 116 valence electrons. The van der Waals surface area contributed by atoms with Crippen molar-refractivity contribution in [2.45, 2.75) is 38.7 Å². The van der Waals surface area contributed by atoms with E-state index in [-0.39, 0.29) is 11.9 Å². The van der Waals surface area contributed by atoms with Crippen LogP contribution in [-0.4, -0.2) is 23.5 Å². The molecule has 1 rings (SSSR count). The van der Waals surface area contributed by atoms with Crippen LogP contribution in [0.25, 0.3) is 0 Å². The van der Waals surface area contributed by atoms with Gasteiger partial charge in [-0.25, -0.2) is 4.79 Å². The Bertz CT molecular complexity index is 504. The van der Waals surface area contributed by atoms with Gasteiger partial charge in [-0.3, -0.25) is 4.79 Å². The van der Waals surface area contributed by atoms with E-state index in [0.717, 1.165) is 0 Å². The summed E-state index contributed by atoms with van der Waals surface area (Å²) in [6, 6.07) is 6.52. The van der Waals surface area contributed by atoms with Crippen LogP contribution in [0.4, 0.5) is 0 Å². The minimum Gasteiger partial charge on any atom is -0.459 e. The predicted octanol–water partition coefficient (Wildman–Crippen LogP) is 3.73. The average molecular weight is 331 g/mol. The lowest BCUT2D eigenvalue weighted by Gasteiger charge is -2.18. The summed E-state index contributed by atoms with van der Waals surface area (Å²) in [7, 11) is 0. The molecule has 0 N–H and O–H groups in total. The van der Waals surface area contributed by atoms with Gasteiger partial charge in [0.25, 0.3) is 0 Å². The second-order valence-corrected chi connectivity index (χ2v) is 6.06. The molecule has 0 bridgehead atoms. The van der Waals surface area contributed by atoms with E-state index < -0.39 is 17.5 Å².